The summed E-state index contributed by atoms with van der Waals surface area (Å²) in [6.07, 6.45) is -3.61. The van der Waals surface area contributed by atoms with Crippen LogP contribution in [-0.4, -0.2) is 53.1 Å². The smallest absolute Gasteiger partial charge is 0.416 e. The highest BCUT2D eigenvalue weighted by Gasteiger charge is 2.39. The molecular formula is C26H29F3N2O4. The second-order valence-electron chi connectivity index (χ2n) is 9.84. The molecule has 0 saturated carbocycles. The predicted octanol–water partition coefficient (Wildman–Crippen LogP) is 5.49. The third-order valence-corrected chi connectivity index (χ3v) is 6.06. The molecule has 9 heteroatoms. The molecular weight excluding hydrogens is 461 g/mol. The lowest BCUT2D eigenvalue weighted by molar-refractivity contribution is -0.138. The SMILES string of the molecule is CC(C)(C)OC(=O)N1CCC[C@@H]1C(=O)N1CCOc2ccc(-c3ccc(C(F)(F)F)cc3)cc2C1. The molecule has 0 unspecified atom stereocenters. The quantitative estimate of drug-likeness (QED) is 0.559. The maximum Gasteiger partial charge on any atom is 0.416 e. The van der Waals surface area contributed by atoms with Gasteiger partial charge in [-0.25, -0.2) is 4.79 Å². The number of carbonyl (C=O) groups excluding carboxylic acids is 2. The van der Waals surface area contributed by atoms with E-state index < -0.39 is 29.5 Å². The lowest BCUT2D eigenvalue weighted by Gasteiger charge is -2.31. The predicted molar refractivity (Wildman–Crippen MR) is 124 cm³/mol. The van der Waals surface area contributed by atoms with Crippen LogP contribution in [0.1, 0.15) is 44.7 Å². The molecule has 2 aliphatic heterocycles. The summed E-state index contributed by atoms with van der Waals surface area (Å²) < 4.78 is 50.1. The zero-order valence-electron chi connectivity index (χ0n) is 20.0. The second kappa shape index (κ2) is 9.43. The van der Waals surface area contributed by atoms with Gasteiger partial charge in [0.15, 0.2) is 0 Å². The van der Waals surface area contributed by atoms with E-state index in [4.69, 9.17) is 9.47 Å². The summed E-state index contributed by atoms with van der Waals surface area (Å²) in [5.41, 5.74) is 0.760. The fourth-order valence-electron chi connectivity index (χ4n) is 4.39. The van der Waals surface area contributed by atoms with Gasteiger partial charge in [-0.05, 0) is 69.0 Å². The number of benzene rings is 2. The number of alkyl halides is 3. The Hall–Kier alpha value is -3.23. The topological polar surface area (TPSA) is 59.1 Å². The number of halogens is 3. The van der Waals surface area contributed by atoms with Crippen molar-refractivity contribution in [1.82, 2.24) is 9.80 Å². The molecule has 0 radical (unpaired) electrons. The van der Waals surface area contributed by atoms with Crippen LogP contribution in [0.2, 0.25) is 0 Å². The van der Waals surface area contributed by atoms with Crippen molar-refractivity contribution >= 4 is 12.0 Å². The van der Waals surface area contributed by atoms with Crippen molar-refractivity contribution in [3.05, 3.63) is 53.6 Å². The average Bonchev–Trinajstić information content (AvgIpc) is 3.17. The molecule has 2 aromatic rings. The van der Waals surface area contributed by atoms with Crippen LogP contribution < -0.4 is 4.74 Å². The number of carbonyl (C=O) groups is 2. The summed E-state index contributed by atoms with van der Waals surface area (Å²) in [5, 5.41) is 0. The van der Waals surface area contributed by atoms with Crippen LogP contribution in [-0.2, 0) is 22.3 Å². The van der Waals surface area contributed by atoms with Crippen molar-refractivity contribution in [2.75, 3.05) is 19.7 Å². The Labute approximate surface area is 202 Å². The minimum Gasteiger partial charge on any atom is -0.491 e. The van der Waals surface area contributed by atoms with E-state index in [0.29, 0.717) is 43.9 Å². The third-order valence-electron chi connectivity index (χ3n) is 6.06. The number of hydrogen-bond donors (Lipinski definition) is 0. The fraction of sp³-hybridized carbons (Fsp3) is 0.462. The molecule has 6 nitrogen and oxygen atoms in total. The molecule has 188 valence electrons. The first kappa shape index (κ1) is 24.9. The van der Waals surface area contributed by atoms with Crippen LogP contribution in [0.4, 0.5) is 18.0 Å². The van der Waals surface area contributed by atoms with Crippen molar-refractivity contribution < 1.29 is 32.2 Å². The third kappa shape index (κ3) is 5.71. The largest absolute Gasteiger partial charge is 0.491 e. The van der Waals surface area contributed by atoms with E-state index in [1.165, 1.54) is 17.0 Å². The van der Waals surface area contributed by atoms with Gasteiger partial charge in [0.05, 0.1) is 12.1 Å². The summed E-state index contributed by atoms with van der Waals surface area (Å²) in [7, 11) is 0. The van der Waals surface area contributed by atoms with Crippen LogP contribution >= 0.6 is 0 Å². The van der Waals surface area contributed by atoms with Gasteiger partial charge >= 0.3 is 12.3 Å². The minimum absolute atomic E-state index is 0.162. The van der Waals surface area contributed by atoms with Gasteiger partial charge in [0.1, 0.15) is 24.0 Å². The van der Waals surface area contributed by atoms with Crippen molar-refractivity contribution in [3.8, 4) is 16.9 Å². The van der Waals surface area contributed by atoms with Gasteiger partial charge in [-0.1, -0.05) is 18.2 Å². The maximum atomic E-state index is 13.4. The van der Waals surface area contributed by atoms with E-state index in [1.54, 1.807) is 37.8 Å². The van der Waals surface area contributed by atoms with Gasteiger partial charge in [-0.3, -0.25) is 9.69 Å². The first-order valence-corrected chi connectivity index (χ1v) is 11.6. The van der Waals surface area contributed by atoms with E-state index >= 15 is 0 Å². The lowest BCUT2D eigenvalue weighted by atomic mass is 10.0. The van der Waals surface area contributed by atoms with E-state index in [9.17, 15) is 22.8 Å². The number of likely N-dealkylation sites (tertiary alicyclic amines) is 1. The average molecular weight is 491 g/mol. The Morgan fingerprint density at radius 1 is 1.00 bits per heavy atom. The highest BCUT2D eigenvalue weighted by molar-refractivity contribution is 5.86. The Bertz CT molecular complexity index is 1090. The molecule has 2 heterocycles. The molecule has 4 rings (SSSR count). The minimum atomic E-state index is -4.39. The van der Waals surface area contributed by atoms with E-state index in [2.05, 4.69) is 0 Å². The fourth-order valence-corrected chi connectivity index (χ4v) is 4.39. The molecule has 0 bridgehead atoms. The Balaban J connectivity index is 1.53. The summed E-state index contributed by atoms with van der Waals surface area (Å²) >= 11 is 0. The Kier molecular flexibility index (Phi) is 6.71. The van der Waals surface area contributed by atoms with Gasteiger partial charge < -0.3 is 14.4 Å². The van der Waals surface area contributed by atoms with Crippen LogP contribution in [0.15, 0.2) is 42.5 Å². The van der Waals surface area contributed by atoms with Gasteiger partial charge in [0.25, 0.3) is 0 Å². The molecule has 0 aliphatic carbocycles. The monoisotopic (exact) mass is 490 g/mol. The van der Waals surface area contributed by atoms with E-state index in [1.807, 2.05) is 6.07 Å². The van der Waals surface area contributed by atoms with Crippen molar-refractivity contribution in [1.29, 1.82) is 0 Å². The summed E-state index contributed by atoms with van der Waals surface area (Å²) in [6, 6.07) is 9.79. The standard InChI is InChI=1S/C26H29F3N2O4/c1-25(2,3)35-24(33)31-12-4-5-21(31)23(32)30-13-14-34-22-11-8-18(15-19(22)16-30)17-6-9-20(10-7-17)26(27,28)29/h6-11,15,21H,4-5,12-14,16H2,1-3H3/t21-/m1/s1. The van der Waals surface area contributed by atoms with Gasteiger partial charge in [-0.15, -0.1) is 0 Å². The molecule has 0 spiro atoms. The maximum absolute atomic E-state index is 13.4. The number of fused-ring (bicyclic) bond motifs is 1. The van der Waals surface area contributed by atoms with Crippen LogP contribution in [0.5, 0.6) is 5.75 Å². The number of hydrogen-bond acceptors (Lipinski definition) is 4. The van der Waals surface area contributed by atoms with E-state index in [-0.39, 0.29) is 12.5 Å². The highest BCUT2D eigenvalue weighted by Crippen LogP contribution is 2.33. The molecule has 35 heavy (non-hydrogen) atoms. The number of amides is 2. The lowest BCUT2D eigenvalue weighted by Crippen LogP contribution is -2.49. The summed E-state index contributed by atoms with van der Waals surface area (Å²) in [5.74, 6) is 0.469. The van der Waals surface area contributed by atoms with Crippen molar-refractivity contribution in [2.45, 2.75) is 58.0 Å². The van der Waals surface area contributed by atoms with Crippen LogP contribution in [0, 0.1) is 0 Å². The second-order valence-corrected chi connectivity index (χ2v) is 9.84. The van der Waals surface area contributed by atoms with E-state index in [0.717, 1.165) is 23.3 Å². The number of nitrogens with zero attached hydrogens (tertiary/aromatic N) is 2. The van der Waals surface area contributed by atoms with Gasteiger partial charge in [0.2, 0.25) is 5.91 Å². The highest BCUT2D eigenvalue weighted by atomic mass is 19.4. The molecule has 2 aliphatic rings. The van der Waals surface area contributed by atoms with Crippen molar-refractivity contribution in [2.24, 2.45) is 0 Å². The zero-order chi connectivity index (χ0) is 25.4. The van der Waals surface area contributed by atoms with Crippen LogP contribution in [0.25, 0.3) is 11.1 Å². The molecule has 1 fully saturated rings. The van der Waals surface area contributed by atoms with Gasteiger partial charge in [0, 0.05) is 18.7 Å². The zero-order valence-corrected chi connectivity index (χ0v) is 20.0. The van der Waals surface area contributed by atoms with Gasteiger partial charge in [-0.2, -0.15) is 13.2 Å². The molecule has 1 atom stereocenters. The molecule has 0 aromatic heterocycles. The normalized spacial score (nSPS) is 18.5. The number of rotatable bonds is 2. The molecule has 2 amide bonds. The molecule has 2 aromatic carbocycles. The first-order chi connectivity index (χ1) is 16.4. The van der Waals surface area contributed by atoms with Crippen molar-refractivity contribution in [3.63, 3.8) is 0 Å². The number of ether oxygens (including phenoxy) is 2. The summed E-state index contributed by atoms with van der Waals surface area (Å²) in [6.45, 7) is 6.77. The molecule has 1 saturated heterocycles. The molecule has 0 N–H and O–H groups in total. The Morgan fingerprint density at radius 3 is 2.34 bits per heavy atom. The Morgan fingerprint density at radius 2 is 1.69 bits per heavy atom. The van der Waals surface area contributed by atoms with Crippen LogP contribution in [0.3, 0.4) is 0 Å². The summed E-state index contributed by atoms with van der Waals surface area (Å²) in [4.78, 5) is 29.3. The first-order valence-electron chi connectivity index (χ1n) is 11.6.